The summed E-state index contributed by atoms with van der Waals surface area (Å²) >= 11 is 0. The van der Waals surface area contributed by atoms with Gasteiger partial charge in [-0.1, -0.05) is 0 Å². The van der Waals surface area contributed by atoms with Crippen molar-refractivity contribution in [2.75, 3.05) is 5.75 Å². The minimum absolute atomic E-state index is 0.0435. The number of rotatable bonds is 3. The fourth-order valence-corrected chi connectivity index (χ4v) is 3.87. The van der Waals surface area contributed by atoms with E-state index < -0.39 is 9.84 Å². The van der Waals surface area contributed by atoms with Crippen LogP contribution in [0.1, 0.15) is 24.8 Å². The van der Waals surface area contributed by atoms with Gasteiger partial charge in [0, 0.05) is 12.2 Å². The number of hydrogen-bond acceptors (Lipinski definition) is 5. The van der Waals surface area contributed by atoms with Gasteiger partial charge in [0.1, 0.15) is 6.07 Å². The smallest absolute Gasteiger partial charge is 0.195 e. The summed E-state index contributed by atoms with van der Waals surface area (Å²) in [5.41, 5.74) is 6.13. The predicted molar refractivity (Wildman–Crippen MR) is 66.3 cm³/mol. The van der Waals surface area contributed by atoms with Crippen LogP contribution in [-0.4, -0.2) is 25.2 Å². The molecule has 6 heteroatoms. The summed E-state index contributed by atoms with van der Waals surface area (Å²) in [6.07, 6.45) is 3.79. The van der Waals surface area contributed by atoms with E-state index in [-0.39, 0.29) is 22.7 Å². The fourth-order valence-electron chi connectivity index (χ4n) is 2.29. The molecular formula is C12H15N3O2S. The molecule has 0 unspecified atom stereocenters. The summed E-state index contributed by atoms with van der Waals surface area (Å²) in [4.78, 5) is 3.84. The van der Waals surface area contributed by atoms with Gasteiger partial charge in [0.05, 0.1) is 11.3 Å². The van der Waals surface area contributed by atoms with Crippen LogP contribution in [0.5, 0.6) is 0 Å². The van der Waals surface area contributed by atoms with Crippen molar-refractivity contribution >= 4 is 9.84 Å². The number of pyridine rings is 1. The van der Waals surface area contributed by atoms with Crippen molar-refractivity contribution in [3.63, 3.8) is 0 Å². The molecule has 0 saturated heterocycles. The van der Waals surface area contributed by atoms with Gasteiger partial charge in [-0.25, -0.2) is 13.4 Å². The second kappa shape index (κ2) is 5.04. The van der Waals surface area contributed by atoms with Crippen molar-refractivity contribution in [3.05, 3.63) is 23.9 Å². The third kappa shape index (κ3) is 2.86. The summed E-state index contributed by atoms with van der Waals surface area (Å²) in [5, 5.41) is 8.68. The van der Waals surface area contributed by atoms with Gasteiger partial charge in [0.15, 0.2) is 14.9 Å². The normalized spacial score (nSPS) is 23.8. The van der Waals surface area contributed by atoms with Crippen molar-refractivity contribution in [1.29, 1.82) is 5.26 Å². The van der Waals surface area contributed by atoms with Crippen LogP contribution in [0.4, 0.5) is 0 Å². The van der Waals surface area contributed by atoms with E-state index >= 15 is 0 Å². The first-order valence-corrected chi connectivity index (χ1v) is 7.51. The highest BCUT2D eigenvalue weighted by Gasteiger charge is 2.28. The first kappa shape index (κ1) is 13.0. The molecule has 1 aliphatic rings. The minimum atomic E-state index is -3.37. The second-order valence-corrected chi connectivity index (χ2v) is 6.70. The largest absolute Gasteiger partial charge is 0.328 e. The quantitative estimate of drug-likeness (QED) is 0.874. The van der Waals surface area contributed by atoms with Crippen molar-refractivity contribution in [2.45, 2.75) is 30.3 Å². The third-order valence-corrected chi connectivity index (χ3v) is 5.01. The lowest BCUT2D eigenvalue weighted by Gasteiger charge is -2.09. The van der Waals surface area contributed by atoms with Gasteiger partial charge >= 0.3 is 0 Å². The molecule has 1 saturated carbocycles. The van der Waals surface area contributed by atoms with Gasteiger partial charge in [-0.2, -0.15) is 5.26 Å². The highest BCUT2D eigenvalue weighted by Crippen LogP contribution is 2.27. The zero-order chi connectivity index (χ0) is 13.2. The molecule has 1 aliphatic carbocycles. The van der Waals surface area contributed by atoms with Crippen LogP contribution >= 0.6 is 0 Å². The van der Waals surface area contributed by atoms with Crippen LogP contribution in [0.3, 0.4) is 0 Å². The molecule has 2 rings (SSSR count). The molecule has 1 aromatic heterocycles. The van der Waals surface area contributed by atoms with Gasteiger partial charge < -0.3 is 5.73 Å². The molecule has 1 aromatic rings. The molecule has 0 radical (unpaired) electrons. The molecule has 0 spiro atoms. The SMILES string of the molecule is N#Cc1ccc(S(=O)(=O)C[C@H]2CC[C@@H](N)C2)nc1. The van der Waals surface area contributed by atoms with Crippen LogP contribution in [-0.2, 0) is 9.84 Å². The number of nitriles is 1. The van der Waals surface area contributed by atoms with E-state index in [9.17, 15) is 8.42 Å². The molecule has 0 aromatic carbocycles. The van der Waals surface area contributed by atoms with Gasteiger partial charge in [-0.15, -0.1) is 0 Å². The van der Waals surface area contributed by atoms with E-state index in [1.807, 2.05) is 6.07 Å². The Morgan fingerprint density at radius 3 is 2.72 bits per heavy atom. The highest BCUT2D eigenvalue weighted by atomic mass is 32.2. The molecule has 0 bridgehead atoms. The van der Waals surface area contributed by atoms with Gasteiger partial charge in [0.25, 0.3) is 0 Å². The molecule has 1 heterocycles. The van der Waals surface area contributed by atoms with E-state index in [4.69, 9.17) is 11.0 Å². The summed E-state index contributed by atoms with van der Waals surface area (Å²) in [6, 6.07) is 4.90. The minimum Gasteiger partial charge on any atom is -0.328 e. The monoisotopic (exact) mass is 265 g/mol. The Labute approximate surface area is 107 Å². The average molecular weight is 265 g/mol. The van der Waals surface area contributed by atoms with E-state index in [1.165, 1.54) is 18.3 Å². The Hall–Kier alpha value is -1.45. The van der Waals surface area contributed by atoms with E-state index in [2.05, 4.69) is 4.98 Å². The van der Waals surface area contributed by atoms with Crippen molar-refractivity contribution in [1.82, 2.24) is 4.98 Å². The van der Waals surface area contributed by atoms with E-state index in [0.29, 0.717) is 5.56 Å². The molecule has 0 aliphatic heterocycles. The Kier molecular flexibility index (Phi) is 3.64. The molecule has 96 valence electrons. The predicted octanol–water partition coefficient (Wildman–Crippen LogP) is 0.854. The molecule has 5 nitrogen and oxygen atoms in total. The molecule has 2 atom stereocenters. The highest BCUT2D eigenvalue weighted by molar-refractivity contribution is 7.91. The van der Waals surface area contributed by atoms with Crippen LogP contribution in [0, 0.1) is 17.2 Å². The van der Waals surface area contributed by atoms with E-state index in [0.717, 1.165) is 19.3 Å². The first-order valence-electron chi connectivity index (χ1n) is 5.86. The number of hydrogen-bond donors (Lipinski definition) is 1. The first-order chi connectivity index (χ1) is 8.51. The number of nitrogens with zero attached hydrogens (tertiary/aromatic N) is 2. The maximum Gasteiger partial charge on any atom is 0.195 e. The van der Waals surface area contributed by atoms with E-state index in [1.54, 1.807) is 0 Å². The lowest BCUT2D eigenvalue weighted by atomic mass is 10.1. The Balaban J connectivity index is 2.13. The topological polar surface area (TPSA) is 96.8 Å². The van der Waals surface area contributed by atoms with Crippen LogP contribution in [0.25, 0.3) is 0 Å². The average Bonchev–Trinajstić information content (AvgIpc) is 2.74. The summed E-state index contributed by atoms with van der Waals surface area (Å²) in [7, 11) is -3.37. The van der Waals surface area contributed by atoms with Crippen molar-refractivity contribution < 1.29 is 8.42 Å². The van der Waals surface area contributed by atoms with Gasteiger partial charge in [-0.05, 0) is 37.3 Å². The number of nitrogens with two attached hydrogens (primary N) is 1. The fraction of sp³-hybridized carbons (Fsp3) is 0.500. The van der Waals surface area contributed by atoms with Gasteiger partial charge in [0.2, 0.25) is 0 Å². The van der Waals surface area contributed by atoms with Crippen molar-refractivity contribution in [3.8, 4) is 6.07 Å². The standard InChI is InChI=1S/C12H15N3O2S/c13-6-10-2-4-12(15-7-10)18(16,17)8-9-1-3-11(14)5-9/h2,4,7,9,11H,1,3,5,8,14H2/t9-,11+/m0/s1. The summed E-state index contributed by atoms with van der Waals surface area (Å²) in [5.74, 6) is 0.224. The molecule has 0 amide bonds. The van der Waals surface area contributed by atoms with Crippen LogP contribution in [0.15, 0.2) is 23.4 Å². The zero-order valence-electron chi connectivity index (χ0n) is 9.91. The summed E-state index contributed by atoms with van der Waals surface area (Å²) < 4.78 is 24.2. The molecule has 2 N–H and O–H groups in total. The van der Waals surface area contributed by atoms with Crippen LogP contribution < -0.4 is 5.73 Å². The summed E-state index contributed by atoms with van der Waals surface area (Å²) in [6.45, 7) is 0. The van der Waals surface area contributed by atoms with Gasteiger partial charge in [-0.3, -0.25) is 0 Å². The Morgan fingerprint density at radius 2 is 2.22 bits per heavy atom. The number of aromatic nitrogens is 1. The molecular weight excluding hydrogens is 250 g/mol. The Morgan fingerprint density at radius 1 is 1.44 bits per heavy atom. The lowest BCUT2D eigenvalue weighted by molar-refractivity contribution is 0.550. The Bertz CT molecular complexity index is 560. The third-order valence-electron chi connectivity index (χ3n) is 3.22. The molecule has 18 heavy (non-hydrogen) atoms. The second-order valence-electron chi connectivity index (χ2n) is 4.72. The van der Waals surface area contributed by atoms with Crippen molar-refractivity contribution in [2.24, 2.45) is 11.7 Å². The maximum absolute atomic E-state index is 12.1. The lowest BCUT2D eigenvalue weighted by Crippen LogP contribution is -2.19. The molecule has 1 fully saturated rings. The van der Waals surface area contributed by atoms with Crippen LogP contribution in [0.2, 0.25) is 0 Å². The maximum atomic E-state index is 12.1. The zero-order valence-corrected chi connectivity index (χ0v) is 10.7. The number of sulfone groups is 1.